The lowest BCUT2D eigenvalue weighted by atomic mass is 9.78. The molecule has 0 aromatic rings. The average molecular weight is 197 g/mol. The highest BCUT2D eigenvalue weighted by atomic mass is 16.5. The molecule has 0 amide bonds. The molecule has 0 aromatic carbocycles. The number of rotatable bonds is 4. The van der Waals surface area contributed by atoms with Gasteiger partial charge < -0.3 is 4.74 Å². The maximum atomic E-state index is 11.5. The molecule has 14 heavy (non-hydrogen) atoms. The van der Waals surface area contributed by atoms with Crippen LogP contribution in [0.4, 0.5) is 0 Å². The SMILES string of the molecule is COC(=O)C(NC1(C)CCC1)C1CC1. The van der Waals surface area contributed by atoms with Gasteiger partial charge in [0.15, 0.2) is 0 Å². The lowest BCUT2D eigenvalue weighted by Crippen LogP contribution is -2.56. The van der Waals surface area contributed by atoms with Crippen molar-refractivity contribution in [2.75, 3.05) is 7.11 Å². The van der Waals surface area contributed by atoms with Crippen molar-refractivity contribution in [3.05, 3.63) is 0 Å². The molecule has 80 valence electrons. The summed E-state index contributed by atoms with van der Waals surface area (Å²) in [5.41, 5.74) is 0.196. The zero-order valence-electron chi connectivity index (χ0n) is 9.01. The van der Waals surface area contributed by atoms with E-state index in [1.807, 2.05) is 0 Å². The highest BCUT2D eigenvalue weighted by Crippen LogP contribution is 2.37. The third-order valence-electron chi connectivity index (χ3n) is 3.51. The Labute approximate surface area is 85.2 Å². The summed E-state index contributed by atoms with van der Waals surface area (Å²) >= 11 is 0. The van der Waals surface area contributed by atoms with Crippen LogP contribution in [0.1, 0.15) is 39.0 Å². The first kappa shape index (κ1) is 9.97. The Morgan fingerprint density at radius 1 is 1.50 bits per heavy atom. The van der Waals surface area contributed by atoms with Crippen LogP contribution >= 0.6 is 0 Å². The Hall–Kier alpha value is -0.570. The zero-order chi connectivity index (χ0) is 10.2. The largest absolute Gasteiger partial charge is 0.468 e. The van der Waals surface area contributed by atoms with Crippen molar-refractivity contribution in [1.82, 2.24) is 5.32 Å². The molecule has 3 heteroatoms. The second kappa shape index (κ2) is 3.54. The molecule has 0 aliphatic heterocycles. The first-order valence-corrected chi connectivity index (χ1v) is 5.50. The summed E-state index contributed by atoms with van der Waals surface area (Å²) in [4.78, 5) is 11.5. The third kappa shape index (κ3) is 1.92. The van der Waals surface area contributed by atoms with Gasteiger partial charge in [0.1, 0.15) is 6.04 Å². The van der Waals surface area contributed by atoms with E-state index in [2.05, 4.69) is 12.2 Å². The summed E-state index contributed by atoms with van der Waals surface area (Å²) in [5.74, 6) is 0.445. The quantitative estimate of drug-likeness (QED) is 0.694. The number of hydrogen-bond acceptors (Lipinski definition) is 3. The minimum absolute atomic E-state index is 0.0506. The standard InChI is InChI=1S/C11H19NO2/c1-11(6-3-7-11)12-9(8-4-5-8)10(13)14-2/h8-9,12H,3-7H2,1-2H3. The molecular formula is C11H19NO2. The highest BCUT2D eigenvalue weighted by molar-refractivity contribution is 5.76. The Morgan fingerprint density at radius 2 is 2.14 bits per heavy atom. The van der Waals surface area contributed by atoms with Gasteiger partial charge in [-0.25, -0.2) is 0 Å². The maximum absolute atomic E-state index is 11.5. The van der Waals surface area contributed by atoms with E-state index in [1.165, 1.54) is 39.2 Å². The highest BCUT2D eigenvalue weighted by Gasteiger charge is 2.42. The summed E-state index contributed by atoms with van der Waals surface area (Å²) in [6, 6.07) is -0.0506. The molecule has 1 unspecified atom stereocenters. The number of esters is 1. The van der Waals surface area contributed by atoms with Gasteiger partial charge >= 0.3 is 5.97 Å². The second-order valence-electron chi connectivity index (χ2n) is 4.90. The van der Waals surface area contributed by atoms with Crippen LogP contribution in [0, 0.1) is 5.92 Å². The van der Waals surface area contributed by atoms with Gasteiger partial charge in [0, 0.05) is 5.54 Å². The minimum atomic E-state index is -0.0828. The lowest BCUT2D eigenvalue weighted by Gasteiger charge is -2.41. The van der Waals surface area contributed by atoms with Crippen LogP contribution in [0.5, 0.6) is 0 Å². The molecule has 0 bridgehead atoms. The van der Waals surface area contributed by atoms with Crippen molar-refractivity contribution in [2.24, 2.45) is 5.92 Å². The lowest BCUT2D eigenvalue weighted by molar-refractivity contribution is -0.144. The summed E-state index contributed by atoms with van der Waals surface area (Å²) in [6.45, 7) is 2.20. The van der Waals surface area contributed by atoms with Gasteiger partial charge in [-0.05, 0) is 44.9 Å². The minimum Gasteiger partial charge on any atom is -0.468 e. The van der Waals surface area contributed by atoms with Gasteiger partial charge in [-0.15, -0.1) is 0 Å². The van der Waals surface area contributed by atoms with Crippen LogP contribution in [-0.4, -0.2) is 24.7 Å². The molecule has 0 heterocycles. The van der Waals surface area contributed by atoms with Gasteiger partial charge in [0.25, 0.3) is 0 Å². The maximum Gasteiger partial charge on any atom is 0.323 e. The number of methoxy groups -OCH3 is 1. The summed E-state index contributed by atoms with van der Waals surface area (Å²) < 4.78 is 4.83. The molecule has 1 N–H and O–H groups in total. The molecule has 2 rings (SSSR count). The molecule has 2 saturated carbocycles. The van der Waals surface area contributed by atoms with Crippen LogP contribution in [0.2, 0.25) is 0 Å². The molecule has 2 aliphatic carbocycles. The van der Waals surface area contributed by atoms with E-state index in [0.29, 0.717) is 5.92 Å². The van der Waals surface area contributed by atoms with Crippen molar-refractivity contribution in [3.63, 3.8) is 0 Å². The predicted octanol–water partition coefficient (Wildman–Crippen LogP) is 1.47. The van der Waals surface area contributed by atoms with Crippen molar-refractivity contribution < 1.29 is 9.53 Å². The Balaban J connectivity index is 1.93. The van der Waals surface area contributed by atoms with E-state index in [-0.39, 0.29) is 17.6 Å². The monoisotopic (exact) mass is 197 g/mol. The first-order valence-electron chi connectivity index (χ1n) is 5.50. The van der Waals surface area contributed by atoms with E-state index in [4.69, 9.17) is 4.74 Å². The molecule has 0 saturated heterocycles. The number of carbonyl (C=O) groups is 1. The zero-order valence-corrected chi connectivity index (χ0v) is 9.01. The van der Waals surface area contributed by atoms with Crippen LogP contribution in [0.25, 0.3) is 0 Å². The summed E-state index contributed by atoms with van der Waals surface area (Å²) in [5, 5.41) is 3.47. The van der Waals surface area contributed by atoms with Gasteiger partial charge in [0.05, 0.1) is 7.11 Å². The molecule has 0 spiro atoms. The van der Waals surface area contributed by atoms with Crippen LogP contribution < -0.4 is 5.32 Å². The molecule has 0 aromatic heterocycles. The predicted molar refractivity (Wildman–Crippen MR) is 53.9 cm³/mol. The molecule has 1 atom stereocenters. The number of hydrogen-bond donors (Lipinski definition) is 1. The van der Waals surface area contributed by atoms with E-state index in [9.17, 15) is 4.79 Å². The number of nitrogens with one attached hydrogen (secondary N) is 1. The Bertz CT molecular complexity index is 231. The summed E-state index contributed by atoms with van der Waals surface area (Å²) in [6.07, 6.45) is 5.99. The van der Waals surface area contributed by atoms with Gasteiger partial charge in [-0.2, -0.15) is 0 Å². The fourth-order valence-electron chi connectivity index (χ4n) is 2.15. The molecule has 2 fully saturated rings. The fraction of sp³-hybridized carbons (Fsp3) is 0.909. The van der Waals surface area contributed by atoms with Crippen LogP contribution in [0.3, 0.4) is 0 Å². The van der Waals surface area contributed by atoms with Crippen molar-refractivity contribution in [2.45, 2.75) is 50.6 Å². The molecule has 2 aliphatic rings. The summed E-state index contributed by atoms with van der Waals surface area (Å²) in [7, 11) is 1.47. The van der Waals surface area contributed by atoms with E-state index >= 15 is 0 Å². The average Bonchev–Trinajstić information content (AvgIpc) is 2.93. The fourth-order valence-corrected chi connectivity index (χ4v) is 2.15. The molecule has 3 nitrogen and oxygen atoms in total. The smallest absolute Gasteiger partial charge is 0.323 e. The first-order chi connectivity index (χ1) is 6.64. The second-order valence-corrected chi connectivity index (χ2v) is 4.90. The van der Waals surface area contributed by atoms with Crippen LogP contribution in [-0.2, 0) is 9.53 Å². The van der Waals surface area contributed by atoms with E-state index in [1.54, 1.807) is 0 Å². The Kier molecular flexibility index (Phi) is 2.52. The topological polar surface area (TPSA) is 38.3 Å². The van der Waals surface area contributed by atoms with Crippen molar-refractivity contribution in [1.29, 1.82) is 0 Å². The number of carbonyl (C=O) groups excluding carboxylic acids is 1. The van der Waals surface area contributed by atoms with Crippen molar-refractivity contribution >= 4 is 5.97 Å². The normalized spacial score (nSPS) is 26.4. The van der Waals surface area contributed by atoms with Gasteiger partial charge in [-0.3, -0.25) is 10.1 Å². The number of ether oxygens (including phenoxy) is 1. The Morgan fingerprint density at radius 3 is 2.50 bits per heavy atom. The van der Waals surface area contributed by atoms with E-state index < -0.39 is 0 Å². The molecule has 0 radical (unpaired) electrons. The van der Waals surface area contributed by atoms with Crippen molar-refractivity contribution in [3.8, 4) is 0 Å². The van der Waals surface area contributed by atoms with E-state index in [0.717, 1.165) is 0 Å². The van der Waals surface area contributed by atoms with Gasteiger partial charge in [-0.1, -0.05) is 0 Å². The third-order valence-corrected chi connectivity index (χ3v) is 3.51. The van der Waals surface area contributed by atoms with Crippen LogP contribution in [0.15, 0.2) is 0 Å². The molecular weight excluding hydrogens is 178 g/mol. The van der Waals surface area contributed by atoms with Gasteiger partial charge in [0.2, 0.25) is 0 Å².